The maximum Gasteiger partial charge on any atom is 0.167 e. The zero-order chi connectivity index (χ0) is 14.7. The van der Waals surface area contributed by atoms with E-state index in [9.17, 15) is 4.39 Å². The first-order chi connectivity index (χ1) is 9.52. The summed E-state index contributed by atoms with van der Waals surface area (Å²) >= 11 is 0. The van der Waals surface area contributed by atoms with Crippen LogP contribution in [0.2, 0.25) is 0 Å². The number of para-hydroxylation sites is 1. The van der Waals surface area contributed by atoms with E-state index in [2.05, 4.69) is 4.98 Å². The van der Waals surface area contributed by atoms with Gasteiger partial charge in [0.15, 0.2) is 11.6 Å². The van der Waals surface area contributed by atoms with E-state index in [4.69, 9.17) is 10.5 Å². The highest BCUT2D eigenvalue weighted by molar-refractivity contribution is 5.42. The zero-order valence-corrected chi connectivity index (χ0v) is 12.0. The smallest absolute Gasteiger partial charge is 0.167 e. The highest BCUT2D eigenvalue weighted by Crippen LogP contribution is 2.32. The van der Waals surface area contributed by atoms with E-state index in [-0.39, 0.29) is 11.8 Å². The molecule has 0 spiro atoms. The van der Waals surface area contributed by atoms with E-state index in [1.165, 1.54) is 6.07 Å². The molecule has 1 aromatic heterocycles. The summed E-state index contributed by atoms with van der Waals surface area (Å²) in [7, 11) is 0. The van der Waals surface area contributed by atoms with E-state index in [0.29, 0.717) is 11.3 Å². The standard InChI is InChI=1S/C16H19FN2O/c1-4-14-15(9-8-10(2)19-14)20-16-12(11(3)18)6-5-7-13(16)17/h5-9,11H,4,18H2,1-3H3/t11-/m0/s1. The Labute approximate surface area is 118 Å². The zero-order valence-electron chi connectivity index (χ0n) is 12.0. The number of rotatable bonds is 4. The van der Waals surface area contributed by atoms with E-state index in [1.807, 2.05) is 26.0 Å². The summed E-state index contributed by atoms with van der Waals surface area (Å²) < 4.78 is 19.8. The lowest BCUT2D eigenvalue weighted by molar-refractivity contribution is 0.426. The molecule has 0 radical (unpaired) electrons. The van der Waals surface area contributed by atoms with Gasteiger partial charge in [-0.3, -0.25) is 4.98 Å². The van der Waals surface area contributed by atoms with Gasteiger partial charge in [0.1, 0.15) is 5.75 Å². The first-order valence-electron chi connectivity index (χ1n) is 6.71. The minimum Gasteiger partial charge on any atom is -0.452 e. The molecule has 0 fully saturated rings. The van der Waals surface area contributed by atoms with Gasteiger partial charge in [0.2, 0.25) is 0 Å². The topological polar surface area (TPSA) is 48.1 Å². The van der Waals surface area contributed by atoms with E-state index in [1.54, 1.807) is 19.1 Å². The van der Waals surface area contributed by atoms with Crippen LogP contribution in [0.3, 0.4) is 0 Å². The molecule has 4 heteroatoms. The van der Waals surface area contributed by atoms with Crippen molar-refractivity contribution in [1.82, 2.24) is 4.98 Å². The monoisotopic (exact) mass is 274 g/mol. The number of halogens is 1. The lowest BCUT2D eigenvalue weighted by Gasteiger charge is -2.16. The van der Waals surface area contributed by atoms with Crippen LogP contribution in [0.15, 0.2) is 30.3 Å². The van der Waals surface area contributed by atoms with Gasteiger partial charge in [-0.25, -0.2) is 4.39 Å². The van der Waals surface area contributed by atoms with Crippen molar-refractivity contribution in [2.45, 2.75) is 33.2 Å². The molecule has 0 aliphatic heterocycles. The summed E-state index contributed by atoms with van der Waals surface area (Å²) in [6, 6.07) is 8.14. The van der Waals surface area contributed by atoms with Gasteiger partial charge >= 0.3 is 0 Å². The normalized spacial score (nSPS) is 12.2. The predicted molar refractivity (Wildman–Crippen MR) is 77.4 cm³/mol. The number of nitrogens with zero attached hydrogens (tertiary/aromatic N) is 1. The summed E-state index contributed by atoms with van der Waals surface area (Å²) in [5.41, 5.74) is 8.24. The summed E-state index contributed by atoms with van der Waals surface area (Å²) in [5.74, 6) is 0.343. The van der Waals surface area contributed by atoms with Crippen LogP contribution in [0.1, 0.15) is 36.8 Å². The van der Waals surface area contributed by atoms with Gasteiger partial charge in [-0.15, -0.1) is 0 Å². The van der Waals surface area contributed by atoms with Crippen LogP contribution in [0, 0.1) is 12.7 Å². The Kier molecular flexibility index (Phi) is 4.35. The Bertz CT molecular complexity index is 611. The molecule has 0 unspecified atom stereocenters. The van der Waals surface area contributed by atoms with Crippen LogP contribution in [-0.2, 0) is 6.42 Å². The third-order valence-electron chi connectivity index (χ3n) is 3.11. The molecule has 3 nitrogen and oxygen atoms in total. The Morgan fingerprint density at radius 1 is 1.30 bits per heavy atom. The molecule has 2 rings (SSSR count). The van der Waals surface area contributed by atoms with Crippen LogP contribution in [-0.4, -0.2) is 4.98 Å². The van der Waals surface area contributed by atoms with Crippen molar-refractivity contribution in [3.63, 3.8) is 0 Å². The number of benzene rings is 1. The van der Waals surface area contributed by atoms with Crippen molar-refractivity contribution in [3.8, 4) is 11.5 Å². The second kappa shape index (κ2) is 6.01. The third-order valence-corrected chi connectivity index (χ3v) is 3.11. The van der Waals surface area contributed by atoms with Gasteiger partial charge in [-0.05, 0) is 38.5 Å². The van der Waals surface area contributed by atoms with E-state index >= 15 is 0 Å². The van der Waals surface area contributed by atoms with Gasteiger partial charge in [0.05, 0.1) is 5.69 Å². The van der Waals surface area contributed by atoms with Crippen LogP contribution in [0.25, 0.3) is 0 Å². The lowest BCUT2D eigenvalue weighted by Crippen LogP contribution is -2.08. The largest absolute Gasteiger partial charge is 0.452 e. The molecule has 1 heterocycles. The van der Waals surface area contributed by atoms with Crippen molar-refractivity contribution in [1.29, 1.82) is 0 Å². The van der Waals surface area contributed by atoms with Crippen molar-refractivity contribution >= 4 is 0 Å². The van der Waals surface area contributed by atoms with Crippen LogP contribution < -0.4 is 10.5 Å². The van der Waals surface area contributed by atoms with Crippen LogP contribution >= 0.6 is 0 Å². The Morgan fingerprint density at radius 2 is 2.05 bits per heavy atom. The van der Waals surface area contributed by atoms with Crippen molar-refractivity contribution in [2.24, 2.45) is 5.73 Å². The molecule has 0 aliphatic carbocycles. The minimum atomic E-state index is -0.414. The molecule has 1 atom stereocenters. The molecule has 0 aliphatic rings. The van der Waals surface area contributed by atoms with Crippen LogP contribution in [0.4, 0.5) is 4.39 Å². The number of aryl methyl sites for hydroxylation is 2. The average Bonchev–Trinajstić information content (AvgIpc) is 2.42. The maximum absolute atomic E-state index is 14.0. The second-order valence-electron chi connectivity index (χ2n) is 4.80. The molecule has 0 amide bonds. The Hall–Kier alpha value is -1.94. The number of aromatic nitrogens is 1. The highest BCUT2D eigenvalue weighted by Gasteiger charge is 2.15. The van der Waals surface area contributed by atoms with Crippen molar-refractivity contribution in [2.75, 3.05) is 0 Å². The number of hydrogen-bond donors (Lipinski definition) is 1. The number of nitrogens with two attached hydrogens (primary N) is 1. The quantitative estimate of drug-likeness (QED) is 0.919. The fourth-order valence-electron chi connectivity index (χ4n) is 2.05. The third kappa shape index (κ3) is 2.96. The lowest BCUT2D eigenvalue weighted by atomic mass is 10.1. The van der Waals surface area contributed by atoms with Gasteiger partial charge in [0, 0.05) is 17.3 Å². The molecule has 2 N–H and O–H groups in total. The van der Waals surface area contributed by atoms with E-state index < -0.39 is 5.82 Å². The van der Waals surface area contributed by atoms with Gasteiger partial charge in [0.25, 0.3) is 0 Å². The number of hydrogen-bond acceptors (Lipinski definition) is 3. The molecule has 20 heavy (non-hydrogen) atoms. The summed E-state index contributed by atoms with van der Waals surface area (Å²) in [4.78, 5) is 4.41. The second-order valence-corrected chi connectivity index (χ2v) is 4.80. The van der Waals surface area contributed by atoms with E-state index in [0.717, 1.165) is 17.8 Å². The fourth-order valence-corrected chi connectivity index (χ4v) is 2.05. The molecule has 0 saturated carbocycles. The minimum absolute atomic E-state index is 0.183. The predicted octanol–water partition coefficient (Wildman–Crippen LogP) is 3.90. The summed E-state index contributed by atoms with van der Waals surface area (Å²) in [5, 5.41) is 0. The molecule has 2 aromatic rings. The molecule has 0 saturated heterocycles. The molecule has 106 valence electrons. The first-order valence-corrected chi connectivity index (χ1v) is 6.71. The van der Waals surface area contributed by atoms with Crippen LogP contribution in [0.5, 0.6) is 11.5 Å². The van der Waals surface area contributed by atoms with Crippen molar-refractivity contribution in [3.05, 3.63) is 53.1 Å². The van der Waals surface area contributed by atoms with Crippen molar-refractivity contribution < 1.29 is 9.13 Å². The summed E-state index contributed by atoms with van der Waals surface area (Å²) in [6.07, 6.45) is 0.721. The molecule has 0 bridgehead atoms. The number of pyridine rings is 1. The Balaban J connectivity index is 2.45. The molecular weight excluding hydrogens is 255 g/mol. The highest BCUT2D eigenvalue weighted by atomic mass is 19.1. The first kappa shape index (κ1) is 14.5. The van der Waals surface area contributed by atoms with Gasteiger partial charge in [-0.2, -0.15) is 0 Å². The van der Waals surface area contributed by atoms with Gasteiger partial charge in [-0.1, -0.05) is 19.1 Å². The Morgan fingerprint density at radius 3 is 2.70 bits per heavy atom. The fraction of sp³-hybridized carbons (Fsp3) is 0.312. The number of ether oxygens (including phenoxy) is 1. The maximum atomic E-state index is 14.0. The summed E-state index contributed by atoms with van der Waals surface area (Å²) in [6.45, 7) is 5.71. The SMILES string of the molecule is CCc1nc(C)ccc1Oc1c(F)cccc1[C@H](C)N. The molecule has 1 aromatic carbocycles. The molecular formula is C16H19FN2O. The average molecular weight is 274 g/mol. The van der Waals surface area contributed by atoms with Gasteiger partial charge < -0.3 is 10.5 Å².